The summed E-state index contributed by atoms with van der Waals surface area (Å²) >= 11 is 0. The summed E-state index contributed by atoms with van der Waals surface area (Å²) in [4.78, 5) is 14.9. The number of carbonyl (C=O) groups excluding carboxylic acids is 1. The first kappa shape index (κ1) is 18.5. The minimum Gasteiger partial charge on any atom is -0.454 e. The van der Waals surface area contributed by atoms with Crippen molar-refractivity contribution < 1.29 is 14.3 Å². The summed E-state index contributed by atoms with van der Waals surface area (Å²) in [5.41, 5.74) is 4.07. The van der Waals surface area contributed by atoms with Crippen molar-refractivity contribution >= 4 is 17.3 Å². The molecule has 6 heteroatoms. The van der Waals surface area contributed by atoms with Crippen molar-refractivity contribution in [1.29, 1.82) is 0 Å². The monoisotopic (exact) mass is 381 g/mol. The van der Waals surface area contributed by atoms with E-state index in [1.807, 2.05) is 19.9 Å². The second kappa shape index (κ2) is 6.93. The van der Waals surface area contributed by atoms with Crippen LogP contribution in [0, 0.1) is 0 Å². The molecule has 2 N–H and O–H groups in total. The van der Waals surface area contributed by atoms with E-state index in [0.717, 1.165) is 12.2 Å². The Morgan fingerprint density at radius 3 is 2.61 bits per heavy atom. The minimum absolute atomic E-state index is 0.0891. The van der Waals surface area contributed by atoms with E-state index in [9.17, 15) is 4.79 Å². The number of ether oxygens (including phenoxy) is 2. The summed E-state index contributed by atoms with van der Waals surface area (Å²) in [5.74, 6) is 1.21. The van der Waals surface area contributed by atoms with E-state index in [-0.39, 0.29) is 24.3 Å². The molecule has 0 aromatic heterocycles. The Morgan fingerprint density at radius 2 is 1.82 bits per heavy atom. The molecule has 0 fully saturated rings. The largest absolute Gasteiger partial charge is 0.454 e. The SMILES string of the molecule is CC.CC1(C)CN(CC2NC(=O)c3cc4c(cc3N2)OCO4)c2ccccc21. The highest BCUT2D eigenvalue weighted by atomic mass is 16.7. The Hall–Kier alpha value is -2.89. The van der Waals surface area contributed by atoms with Crippen LogP contribution in [0.25, 0.3) is 0 Å². The molecule has 28 heavy (non-hydrogen) atoms. The first-order chi connectivity index (χ1) is 13.5. The Kier molecular flexibility index (Phi) is 4.57. The quantitative estimate of drug-likeness (QED) is 0.830. The number of hydrogen-bond acceptors (Lipinski definition) is 5. The van der Waals surface area contributed by atoms with Gasteiger partial charge in [0, 0.05) is 23.7 Å². The number of carbonyl (C=O) groups is 1. The van der Waals surface area contributed by atoms with Crippen LogP contribution < -0.4 is 25.0 Å². The predicted octanol–water partition coefficient (Wildman–Crippen LogP) is 3.72. The van der Waals surface area contributed by atoms with Gasteiger partial charge in [0.2, 0.25) is 6.79 Å². The van der Waals surface area contributed by atoms with Crippen LogP contribution in [0.4, 0.5) is 11.4 Å². The van der Waals surface area contributed by atoms with Gasteiger partial charge >= 0.3 is 0 Å². The lowest BCUT2D eigenvalue weighted by Crippen LogP contribution is -2.51. The van der Waals surface area contributed by atoms with Gasteiger partial charge in [0.25, 0.3) is 5.91 Å². The van der Waals surface area contributed by atoms with Gasteiger partial charge in [-0.1, -0.05) is 45.9 Å². The van der Waals surface area contributed by atoms with E-state index in [2.05, 4.69) is 53.6 Å². The molecular formula is C22H27N3O3. The van der Waals surface area contributed by atoms with Gasteiger partial charge in [-0.15, -0.1) is 0 Å². The van der Waals surface area contributed by atoms with E-state index in [0.29, 0.717) is 23.6 Å². The summed E-state index contributed by atoms with van der Waals surface area (Å²) < 4.78 is 10.8. The number of amides is 1. The normalized spacial score (nSPS) is 20.4. The zero-order chi connectivity index (χ0) is 19.9. The second-order valence-electron chi connectivity index (χ2n) is 7.70. The number of nitrogens with zero attached hydrogens (tertiary/aromatic N) is 1. The molecule has 3 aliphatic rings. The molecule has 2 aromatic carbocycles. The van der Waals surface area contributed by atoms with E-state index >= 15 is 0 Å². The fourth-order valence-corrected chi connectivity index (χ4v) is 4.15. The van der Waals surface area contributed by atoms with Gasteiger partial charge in [-0.3, -0.25) is 4.79 Å². The number of rotatable bonds is 2. The molecule has 0 radical (unpaired) electrons. The summed E-state index contributed by atoms with van der Waals surface area (Å²) in [6.07, 6.45) is -0.169. The predicted molar refractivity (Wildman–Crippen MR) is 110 cm³/mol. The molecule has 0 bridgehead atoms. The van der Waals surface area contributed by atoms with Gasteiger partial charge in [0.1, 0.15) is 6.17 Å². The van der Waals surface area contributed by atoms with Gasteiger partial charge in [-0.25, -0.2) is 0 Å². The third kappa shape index (κ3) is 3.03. The van der Waals surface area contributed by atoms with Crippen molar-refractivity contribution in [2.24, 2.45) is 0 Å². The van der Waals surface area contributed by atoms with Crippen LogP contribution in [0.15, 0.2) is 36.4 Å². The van der Waals surface area contributed by atoms with Crippen LogP contribution in [-0.2, 0) is 5.41 Å². The average Bonchev–Trinajstić information content (AvgIpc) is 3.24. The molecule has 1 atom stereocenters. The molecular weight excluding hydrogens is 354 g/mol. The van der Waals surface area contributed by atoms with Crippen molar-refractivity contribution in [3.8, 4) is 11.5 Å². The molecule has 5 rings (SSSR count). The molecule has 0 spiro atoms. The third-order valence-electron chi connectivity index (χ3n) is 5.36. The maximum absolute atomic E-state index is 12.6. The summed E-state index contributed by atoms with van der Waals surface area (Å²) in [5, 5.41) is 6.49. The highest BCUT2D eigenvalue weighted by molar-refractivity contribution is 6.02. The Labute approximate surface area is 165 Å². The smallest absolute Gasteiger partial charge is 0.255 e. The zero-order valence-electron chi connectivity index (χ0n) is 16.8. The van der Waals surface area contributed by atoms with Gasteiger partial charge in [-0.05, 0) is 17.7 Å². The maximum Gasteiger partial charge on any atom is 0.255 e. The van der Waals surface area contributed by atoms with Gasteiger partial charge in [-0.2, -0.15) is 0 Å². The van der Waals surface area contributed by atoms with Gasteiger partial charge < -0.3 is 25.0 Å². The number of anilines is 2. The molecule has 6 nitrogen and oxygen atoms in total. The fourth-order valence-electron chi connectivity index (χ4n) is 4.15. The molecule has 1 unspecified atom stereocenters. The number of fused-ring (bicyclic) bond motifs is 3. The lowest BCUT2D eigenvalue weighted by atomic mass is 9.87. The summed E-state index contributed by atoms with van der Waals surface area (Å²) in [6.45, 7) is 10.3. The molecule has 3 aliphatic heterocycles. The second-order valence-corrected chi connectivity index (χ2v) is 7.70. The van der Waals surface area contributed by atoms with Gasteiger partial charge in [0.05, 0.1) is 17.8 Å². The molecule has 0 saturated heterocycles. The molecule has 1 amide bonds. The zero-order valence-corrected chi connectivity index (χ0v) is 16.8. The topological polar surface area (TPSA) is 62.8 Å². The molecule has 0 aliphatic carbocycles. The van der Waals surface area contributed by atoms with Crippen LogP contribution in [0.3, 0.4) is 0 Å². The first-order valence-corrected chi connectivity index (χ1v) is 9.87. The first-order valence-electron chi connectivity index (χ1n) is 9.87. The minimum atomic E-state index is -0.169. The summed E-state index contributed by atoms with van der Waals surface area (Å²) in [7, 11) is 0. The van der Waals surface area contributed by atoms with Crippen LogP contribution in [0.5, 0.6) is 11.5 Å². The maximum atomic E-state index is 12.6. The van der Waals surface area contributed by atoms with E-state index in [1.54, 1.807) is 6.07 Å². The van der Waals surface area contributed by atoms with Crippen LogP contribution in [-0.4, -0.2) is 32.0 Å². The number of hydrogen-bond donors (Lipinski definition) is 2. The van der Waals surface area contributed by atoms with E-state index in [1.165, 1.54) is 11.3 Å². The average molecular weight is 381 g/mol. The molecule has 0 saturated carbocycles. The lowest BCUT2D eigenvalue weighted by molar-refractivity contribution is 0.0936. The van der Waals surface area contributed by atoms with E-state index in [4.69, 9.17) is 9.47 Å². The Bertz CT molecular complexity index is 910. The number of benzene rings is 2. The summed E-state index contributed by atoms with van der Waals surface area (Å²) in [6, 6.07) is 12.1. The third-order valence-corrected chi connectivity index (χ3v) is 5.36. The molecule has 3 heterocycles. The van der Waals surface area contributed by atoms with Crippen LogP contribution in [0.2, 0.25) is 0 Å². The fraction of sp³-hybridized carbons (Fsp3) is 0.409. The standard InChI is InChI=1S/C20H21N3O3.C2H6/c1-20(2)10-23(15-6-4-3-5-13(15)20)9-18-21-14-8-17-16(25-11-26-17)7-12(14)19(24)22-18;1-2/h3-8,18,21H,9-11H2,1-2H3,(H,22,24);1-2H3. The van der Waals surface area contributed by atoms with Crippen molar-refractivity contribution in [2.75, 3.05) is 30.1 Å². The van der Waals surface area contributed by atoms with Gasteiger partial charge in [0.15, 0.2) is 11.5 Å². The number of para-hydroxylation sites is 1. The molecule has 148 valence electrons. The van der Waals surface area contributed by atoms with Crippen molar-refractivity contribution in [3.05, 3.63) is 47.5 Å². The molecule has 2 aromatic rings. The lowest BCUT2D eigenvalue weighted by Gasteiger charge is -2.32. The van der Waals surface area contributed by atoms with E-state index < -0.39 is 0 Å². The Balaban J connectivity index is 0.000000932. The van der Waals surface area contributed by atoms with Crippen molar-refractivity contribution in [2.45, 2.75) is 39.3 Å². The van der Waals surface area contributed by atoms with Crippen molar-refractivity contribution in [1.82, 2.24) is 5.32 Å². The van der Waals surface area contributed by atoms with Crippen molar-refractivity contribution in [3.63, 3.8) is 0 Å². The van der Waals surface area contributed by atoms with Crippen LogP contribution in [0.1, 0.15) is 43.6 Å². The highest BCUT2D eigenvalue weighted by Crippen LogP contribution is 2.41. The highest BCUT2D eigenvalue weighted by Gasteiger charge is 2.37. The Morgan fingerprint density at radius 1 is 1.11 bits per heavy atom. The van der Waals surface area contributed by atoms with Crippen LogP contribution >= 0.6 is 0 Å². The number of nitrogens with one attached hydrogen (secondary N) is 2.